The Morgan fingerprint density at radius 3 is 2.23 bits per heavy atom. The molecule has 0 aliphatic rings. The molecule has 0 radical (unpaired) electrons. The number of benzene rings is 2. The molecule has 0 saturated heterocycles. The summed E-state index contributed by atoms with van der Waals surface area (Å²) in [5.41, 5.74) is 0.137. The molecule has 0 atom stereocenters. The van der Waals surface area contributed by atoms with Crippen molar-refractivity contribution in [3.63, 3.8) is 0 Å². The highest BCUT2D eigenvalue weighted by atomic mass is 35.5. The van der Waals surface area contributed by atoms with E-state index in [1.807, 2.05) is 0 Å². The van der Waals surface area contributed by atoms with E-state index in [1.54, 1.807) is 0 Å². The average Bonchev–Trinajstić information content (AvgIpc) is 2.58. The molecule has 0 unspecified atom stereocenters. The Bertz CT molecular complexity index is 813. The van der Waals surface area contributed by atoms with Gasteiger partial charge in [-0.2, -0.15) is 13.2 Å². The van der Waals surface area contributed by atoms with Crippen molar-refractivity contribution in [1.29, 1.82) is 0 Å². The summed E-state index contributed by atoms with van der Waals surface area (Å²) in [6, 6.07) is 9.16. The van der Waals surface area contributed by atoms with Gasteiger partial charge in [0.2, 0.25) is 0 Å². The second-order valence-corrected chi connectivity index (χ2v) is 6.40. The summed E-state index contributed by atoms with van der Waals surface area (Å²) < 4.78 is 41.9. The minimum atomic E-state index is -4.41. The number of thioether (sulfide) groups is 1. The van der Waals surface area contributed by atoms with Crippen molar-refractivity contribution in [3.05, 3.63) is 58.6 Å². The third-order valence-corrected chi connectivity index (χ3v) is 4.02. The van der Waals surface area contributed by atoms with Crippen LogP contribution in [0.25, 0.3) is 0 Å². The first-order valence-electron chi connectivity index (χ1n) is 6.99. The molecular weight excluding hydrogens is 393 g/mol. The molecule has 0 fully saturated rings. The van der Waals surface area contributed by atoms with Gasteiger partial charge in [-0.25, -0.2) is 0 Å². The number of hydrogen-bond acceptors (Lipinski definition) is 4. The predicted molar refractivity (Wildman–Crippen MR) is 91.3 cm³/mol. The lowest BCUT2D eigenvalue weighted by molar-refractivity contribution is -0.0328. The third kappa shape index (κ3) is 5.57. The van der Waals surface area contributed by atoms with Crippen LogP contribution in [-0.4, -0.2) is 24.4 Å². The van der Waals surface area contributed by atoms with Crippen LogP contribution in [0.5, 0.6) is 5.75 Å². The third-order valence-electron chi connectivity index (χ3n) is 3.05. The molecule has 2 aromatic rings. The number of nitrogens with one attached hydrogen (secondary N) is 2. The minimum absolute atomic E-state index is 0.0539. The van der Waals surface area contributed by atoms with Gasteiger partial charge in [0.15, 0.2) is 0 Å². The lowest BCUT2D eigenvalue weighted by Gasteiger charge is -2.11. The first-order valence-corrected chi connectivity index (χ1v) is 8.19. The quantitative estimate of drug-likeness (QED) is 0.596. The molecule has 138 valence electrons. The first kappa shape index (κ1) is 19.9. The summed E-state index contributed by atoms with van der Waals surface area (Å²) in [6.45, 7) is 0. The maximum Gasteiger partial charge on any atom is 0.446 e. The van der Waals surface area contributed by atoms with Crippen molar-refractivity contribution < 1.29 is 27.5 Å². The highest BCUT2D eigenvalue weighted by molar-refractivity contribution is 8.00. The van der Waals surface area contributed by atoms with Crippen molar-refractivity contribution in [2.45, 2.75) is 10.4 Å². The summed E-state index contributed by atoms with van der Waals surface area (Å²) in [5, 5.41) is 0.306. The number of carbonyl (C=O) groups is 2. The second kappa shape index (κ2) is 8.33. The molecule has 26 heavy (non-hydrogen) atoms. The fourth-order valence-electron chi connectivity index (χ4n) is 1.92. The van der Waals surface area contributed by atoms with Crippen LogP contribution in [0.2, 0.25) is 5.02 Å². The summed E-state index contributed by atoms with van der Waals surface area (Å²) in [6.07, 6.45) is 0. The first-order chi connectivity index (χ1) is 12.2. The highest BCUT2D eigenvalue weighted by Crippen LogP contribution is 2.36. The van der Waals surface area contributed by atoms with Crippen LogP contribution in [0.1, 0.15) is 20.7 Å². The number of halogens is 4. The van der Waals surface area contributed by atoms with Gasteiger partial charge in [-0.1, -0.05) is 11.6 Å². The summed E-state index contributed by atoms with van der Waals surface area (Å²) in [7, 11) is 1.37. The molecular formula is C16H12ClF3N2O3S. The van der Waals surface area contributed by atoms with Gasteiger partial charge >= 0.3 is 5.51 Å². The summed E-state index contributed by atoms with van der Waals surface area (Å²) >= 11 is 5.55. The molecule has 0 bridgehead atoms. The molecule has 2 aromatic carbocycles. The van der Waals surface area contributed by atoms with E-state index < -0.39 is 17.3 Å². The molecule has 2 rings (SSSR count). The topological polar surface area (TPSA) is 67.4 Å². The number of hydrogen-bond donors (Lipinski definition) is 2. The van der Waals surface area contributed by atoms with Crippen molar-refractivity contribution in [1.82, 2.24) is 10.9 Å². The lowest BCUT2D eigenvalue weighted by atomic mass is 10.2. The van der Waals surface area contributed by atoms with Crippen LogP contribution in [0.15, 0.2) is 47.4 Å². The summed E-state index contributed by atoms with van der Waals surface area (Å²) in [5.74, 6) is -1.10. The van der Waals surface area contributed by atoms with E-state index in [0.29, 0.717) is 5.02 Å². The number of carbonyl (C=O) groups excluding carboxylic acids is 2. The van der Waals surface area contributed by atoms with E-state index in [1.165, 1.54) is 37.4 Å². The molecule has 0 aliphatic carbocycles. The average molecular weight is 405 g/mol. The lowest BCUT2D eigenvalue weighted by Crippen LogP contribution is -2.41. The molecule has 0 heterocycles. The van der Waals surface area contributed by atoms with Crippen molar-refractivity contribution in [2.24, 2.45) is 0 Å². The number of amides is 2. The Hall–Kier alpha value is -2.39. The second-order valence-electron chi connectivity index (χ2n) is 4.83. The number of methoxy groups -OCH3 is 1. The van der Waals surface area contributed by atoms with Crippen molar-refractivity contribution in [3.8, 4) is 5.75 Å². The fourth-order valence-corrected chi connectivity index (χ4v) is 2.63. The number of alkyl halides is 3. The zero-order valence-electron chi connectivity index (χ0n) is 13.2. The van der Waals surface area contributed by atoms with Gasteiger partial charge in [0.05, 0.1) is 12.7 Å². The fraction of sp³-hybridized carbons (Fsp3) is 0.125. The largest absolute Gasteiger partial charge is 0.496 e. The van der Waals surface area contributed by atoms with E-state index in [4.69, 9.17) is 16.3 Å². The molecule has 2 amide bonds. The Kier molecular flexibility index (Phi) is 6.38. The van der Waals surface area contributed by atoms with E-state index in [-0.39, 0.29) is 33.5 Å². The van der Waals surface area contributed by atoms with E-state index in [2.05, 4.69) is 10.9 Å². The number of hydrazine groups is 1. The molecule has 0 saturated carbocycles. The van der Waals surface area contributed by atoms with Crippen LogP contribution < -0.4 is 15.6 Å². The van der Waals surface area contributed by atoms with Crippen LogP contribution in [0.4, 0.5) is 13.2 Å². The van der Waals surface area contributed by atoms with E-state index >= 15 is 0 Å². The maximum atomic E-state index is 12.3. The number of ether oxygens (including phenoxy) is 1. The van der Waals surface area contributed by atoms with Gasteiger partial charge in [-0.15, -0.1) is 0 Å². The van der Waals surface area contributed by atoms with Gasteiger partial charge in [-0.3, -0.25) is 20.4 Å². The Labute approximate surface area is 155 Å². The number of rotatable bonds is 4. The smallest absolute Gasteiger partial charge is 0.446 e. The zero-order valence-corrected chi connectivity index (χ0v) is 14.8. The molecule has 10 heteroatoms. The molecule has 0 spiro atoms. The van der Waals surface area contributed by atoms with Crippen molar-refractivity contribution in [2.75, 3.05) is 7.11 Å². The molecule has 0 aromatic heterocycles. The SMILES string of the molecule is COc1ccc(Cl)cc1C(=O)NNC(=O)c1ccc(SC(F)(F)F)cc1. The van der Waals surface area contributed by atoms with E-state index in [0.717, 1.165) is 12.1 Å². The van der Waals surface area contributed by atoms with Crippen LogP contribution >= 0.6 is 23.4 Å². The molecule has 2 N–H and O–H groups in total. The Balaban J connectivity index is 2.00. The van der Waals surface area contributed by atoms with Gasteiger partial charge in [-0.05, 0) is 54.2 Å². The highest BCUT2D eigenvalue weighted by Gasteiger charge is 2.29. The molecule has 0 aliphatic heterocycles. The molecule has 5 nitrogen and oxygen atoms in total. The normalized spacial score (nSPS) is 11.0. The monoisotopic (exact) mass is 404 g/mol. The summed E-state index contributed by atoms with van der Waals surface area (Å²) in [4.78, 5) is 24.1. The van der Waals surface area contributed by atoms with E-state index in [9.17, 15) is 22.8 Å². The van der Waals surface area contributed by atoms with Crippen molar-refractivity contribution >= 4 is 35.2 Å². The maximum absolute atomic E-state index is 12.3. The zero-order chi connectivity index (χ0) is 19.3. The van der Waals surface area contributed by atoms with Crippen LogP contribution in [0, 0.1) is 0 Å². The van der Waals surface area contributed by atoms with Gasteiger partial charge in [0.1, 0.15) is 5.75 Å². The Morgan fingerprint density at radius 2 is 1.65 bits per heavy atom. The van der Waals surface area contributed by atoms with Crippen LogP contribution in [0.3, 0.4) is 0 Å². The minimum Gasteiger partial charge on any atom is -0.496 e. The Morgan fingerprint density at radius 1 is 1.04 bits per heavy atom. The standard InChI is InChI=1S/C16H12ClF3N2O3S/c1-25-13-7-4-10(17)8-12(13)15(24)22-21-14(23)9-2-5-11(6-3-9)26-16(18,19)20/h2-8H,1H3,(H,21,23)(H,22,24). The van der Waals surface area contributed by atoms with Gasteiger partial charge in [0, 0.05) is 15.5 Å². The van der Waals surface area contributed by atoms with Gasteiger partial charge < -0.3 is 4.74 Å². The van der Waals surface area contributed by atoms with Crippen LogP contribution in [-0.2, 0) is 0 Å². The predicted octanol–water partition coefficient (Wildman–Crippen LogP) is 4.04. The van der Waals surface area contributed by atoms with Gasteiger partial charge in [0.25, 0.3) is 11.8 Å².